The molecule has 0 saturated heterocycles. The summed E-state index contributed by atoms with van der Waals surface area (Å²) in [6.07, 6.45) is 0. The van der Waals surface area contributed by atoms with Crippen LogP contribution in [0.3, 0.4) is 0 Å². The minimum absolute atomic E-state index is 0.198. The predicted molar refractivity (Wildman–Crippen MR) is 121 cm³/mol. The second-order valence-corrected chi connectivity index (χ2v) is 7.41. The first-order valence-electron chi connectivity index (χ1n) is 10.1. The van der Waals surface area contributed by atoms with Gasteiger partial charge in [0.1, 0.15) is 11.6 Å². The lowest BCUT2D eigenvalue weighted by molar-refractivity contribution is 0.254. The fourth-order valence-electron chi connectivity index (χ4n) is 4.11. The number of benzene rings is 3. The maximum Gasteiger partial charge on any atom is 0.328 e. The highest BCUT2D eigenvalue weighted by Crippen LogP contribution is 2.43. The summed E-state index contributed by atoms with van der Waals surface area (Å²) in [6, 6.07) is 26.8. The van der Waals surface area contributed by atoms with E-state index >= 15 is 0 Å². The number of amides is 2. The maximum absolute atomic E-state index is 13.4. The van der Waals surface area contributed by atoms with E-state index in [1.807, 2.05) is 91.9 Å². The van der Waals surface area contributed by atoms with Crippen molar-refractivity contribution in [3.05, 3.63) is 102 Å². The van der Waals surface area contributed by atoms with Crippen molar-refractivity contribution in [3.8, 4) is 11.4 Å². The van der Waals surface area contributed by atoms with Crippen LogP contribution in [0.5, 0.6) is 5.75 Å². The Morgan fingerprint density at radius 1 is 0.871 bits per heavy atom. The van der Waals surface area contributed by atoms with Gasteiger partial charge in [-0.25, -0.2) is 9.48 Å². The van der Waals surface area contributed by atoms with E-state index in [0.29, 0.717) is 5.82 Å². The van der Waals surface area contributed by atoms with Gasteiger partial charge in [-0.05, 0) is 48.9 Å². The maximum atomic E-state index is 13.4. The highest BCUT2D eigenvalue weighted by Gasteiger charge is 2.39. The molecule has 2 heterocycles. The standard InChI is InChI=1S/C25H22N4O2/c1-17-22-23(18-13-15-21(31-2)16-14-18)28(19-9-5-3-6-10-19)25(30)26-24(22)29(27-17)20-11-7-4-8-12-20/h3-16,23H,1-2H3,(H,26,30)/t23-/m0/s1. The summed E-state index contributed by atoms with van der Waals surface area (Å²) < 4.78 is 7.14. The van der Waals surface area contributed by atoms with Gasteiger partial charge >= 0.3 is 6.03 Å². The fraction of sp³-hybridized carbons (Fsp3) is 0.120. The van der Waals surface area contributed by atoms with Gasteiger partial charge in [0.2, 0.25) is 0 Å². The number of nitrogens with one attached hydrogen (secondary N) is 1. The Bertz CT molecular complexity index is 1220. The second-order valence-electron chi connectivity index (χ2n) is 7.41. The summed E-state index contributed by atoms with van der Waals surface area (Å²) >= 11 is 0. The van der Waals surface area contributed by atoms with Crippen LogP contribution < -0.4 is 15.0 Å². The van der Waals surface area contributed by atoms with Crippen LogP contribution in [0.1, 0.15) is 22.9 Å². The lowest BCUT2D eigenvalue weighted by atomic mass is 9.94. The smallest absolute Gasteiger partial charge is 0.328 e. The van der Waals surface area contributed by atoms with E-state index in [2.05, 4.69) is 5.32 Å². The molecule has 1 atom stereocenters. The van der Waals surface area contributed by atoms with Crippen molar-refractivity contribution in [2.24, 2.45) is 0 Å². The lowest BCUT2D eigenvalue weighted by Gasteiger charge is -2.36. The first kappa shape index (κ1) is 18.9. The number of aryl methyl sites for hydroxylation is 1. The second kappa shape index (κ2) is 7.65. The van der Waals surface area contributed by atoms with E-state index < -0.39 is 0 Å². The van der Waals surface area contributed by atoms with Crippen molar-refractivity contribution in [2.75, 3.05) is 17.3 Å². The number of hydrogen-bond acceptors (Lipinski definition) is 3. The van der Waals surface area contributed by atoms with Gasteiger partial charge in [0.25, 0.3) is 0 Å². The first-order chi connectivity index (χ1) is 15.2. The van der Waals surface area contributed by atoms with Crippen LogP contribution in [0.4, 0.5) is 16.3 Å². The molecule has 2 amide bonds. The van der Waals surface area contributed by atoms with Gasteiger partial charge in [0, 0.05) is 11.3 Å². The highest BCUT2D eigenvalue weighted by molar-refractivity contribution is 6.05. The molecule has 0 aliphatic carbocycles. The number of ether oxygens (including phenoxy) is 1. The molecule has 6 nitrogen and oxygen atoms in total. The summed E-state index contributed by atoms with van der Waals surface area (Å²) in [7, 11) is 1.64. The molecule has 154 valence electrons. The van der Waals surface area contributed by atoms with Gasteiger partial charge in [-0.3, -0.25) is 10.2 Å². The van der Waals surface area contributed by atoms with Crippen molar-refractivity contribution in [1.82, 2.24) is 9.78 Å². The number of aromatic nitrogens is 2. The van der Waals surface area contributed by atoms with Crippen molar-refractivity contribution in [1.29, 1.82) is 0 Å². The zero-order chi connectivity index (χ0) is 21.4. The number of carbonyl (C=O) groups excluding carboxylic acids is 1. The number of urea groups is 1. The fourth-order valence-corrected chi connectivity index (χ4v) is 4.11. The van der Waals surface area contributed by atoms with Crippen molar-refractivity contribution >= 4 is 17.5 Å². The molecule has 0 spiro atoms. The topological polar surface area (TPSA) is 59.4 Å². The Morgan fingerprint density at radius 2 is 1.48 bits per heavy atom. The Labute approximate surface area is 180 Å². The molecule has 6 heteroatoms. The number of hydrogen-bond donors (Lipinski definition) is 1. The molecule has 1 aromatic heterocycles. The van der Waals surface area contributed by atoms with E-state index in [-0.39, 0.29) is 12.1 Å². The van der Waals surface area contributed by atoms with Gasteiger partial charge in [-0.15, -0.1) is 0 Å². The SMILES string of the molecule is COc1ccc([C@H]2c3c(C)nn(-c4ccccc4)c3NC(=O)N2c2ccccc2)cc1. The number of para-hydroxylation sites is 2. The number of fused-ring (bicyclic) bond motifs is 1. The van der Waals surface area contributed by atoms with Crippen LogP contribution in [-0.4, -0.2) is 22.9 Å². The monoisotopic (exact) mass is 410 g/mol. The largest absolute Gasteiger partial charge is 0.497 e. The van der Waals surface area contributed by atoms with Gasteiger partial charge in [-0.1, -0.05) is 48.5 Å². The molecule has 0 radical (unpaired) electrons. The van der Waals surface area contributed by atoms with Crippen LogP contribution in [0.15, 0.2) is 84.9 Å². The third-order valence-electron chi connectivity index (χ3n) is 5.55. The summed E-state index contributed by atoms with van der Waals surface area (Å²) in [5.74, 6) is 1.47. The van der Waals surface area contributed by atoms with Crippen molar-refractivity contribution < 1.29 is 9.53 Å². The normalized spacial score (nSPS) is 15.4. The number of carbonyl (C=O) groups is 1. The summed E-state index contributed by atoms with van der Waals surface area (Å²) in [5, 5.41) is 7.87. The molecule has 3 aromatic carbocycles. The molecule has 0 bridgehead atoms. The summed E-state index contributed by atoms with van der Waals surface area (Å²) in [5.41, 5.74) is 4.53. The van der Waals surface area contributed by atoms with E-state index in [1.165, 1.54) is 0 Å². The summed E-state index contributed by atoms with van der Waals surface area (Å²) in [4.78, 5) is 15.2. The van der Waals surface area contributed by atoms with Gasteiger partial charge in [0.05, 0.1) is 24.5 Å². The highest BCUT2D eigenvalue weighted by atomic mass is 16.5. The molecule has 1 aliphatic rings. The third-order valence-corrected chi connectivity index (χ3v) is 5.55. The van der Waals surface area contributed by atoms with E-state index in [0.717, 1.165) is 33.9 Å². The van der Waals surface area contributed by atoms with E-state index in [9.17, 15) is 4.79 Å². The van der Waals surface area contributed by atoms with E-state index in [1.54, 1.807) is 16.7 Å². The molecule has 1 N–H and O–H groups in total. The van der Waals surface area contributed by atoms with Gasteiger partial charge in [-0.2, -0.15) is 5.10 Å². The molecular formula is C25H22N4O2. The minimum Gasteiger partial charge on any atom is -0.497 e. The molecule has 0 fully saturated rings. The number of anilines is 2. The Morgan fingerprint density at radius 3 is 2.10 bits per heavy atom. The molecule has 0 unspecified atom stereocenters. The van der Waals surface area contributed by atoms with Crippen LogP contribution in [0.25, 0.3) is 5.69 Å². The zero-order valence-electron chi connectivity index (χ0n) is 17.3. The molecule has 4 aromatic rings. The molecular weight excluding hydrogens is 388 g/mol. The number of nitrogens with zero attached hydrogens (tertiary/aromatic N) is 3. The Kier molecular flexibility index (Phi) is 4.67. The molecule has 0 saturated carbocycles. The average molecular weight is 410 g/mol. The van der Waals surface area contributed by atoms with Crippen LogP contribution in [0, 0.1) is 6.92 Å². The summed E-state index contributed by atoms with van der Waals surface area (Å²) in [6.45, 7) is 1.98. The van der Waals surface area contributed by atoms with Crippen molar-refractivity contribution in [3.63, 3.8) is 0 Å². The average Bonchev–Trinajstić information content (AvgIpc) is 3.15. The third kappa shape index (κ3) is 3.22. The Hall–Kier alpha value is -4.06. The molecule has 5 rings (SSSR count). The molecule has 31 heavy (non-hydrogen) atoms. The predicted octanol–water partition coefficient (Wildman–Crippen LogP) is 5.33. The molecule has 1 aliphatic heterocycles. The van der Waals surface area contributed by atoms with Crippen LogP contribution in [-0.2, 0) is 0 Å². The van der Waals surface area contributed by atoms with E-state index in [4.69, 9.17) is 9.84 Å². The van der Waals surface area contributed by atoms with Gasteiger partial charge in [0.15, 0.2) is 0 Å². The van der Waals surface area contributed by atoms with Crippen molar-refractivity contribution in [2.45, 2.75) is 13.0 Å². The minimum atomic E-state index is -0.325. The lowest BCUT2D eigenvalue weighted by Crippen LogP contribution is -2.43. The van der Waals surface area contributed by atoms with Crippen LogP contribution >= 0.6 is 0 Å². The number of methoxy groups -OCH3 is 1. The first-order valence-corrected chi connectivity index (χ1v) is 10.1. The van der Waals surface area contributed by atoms with Crippen LogP contribution in [0.2, 0.25) is 0 Å². The Balaban J connectivity index is 1.73. The zero-order valence-corrected chi connectivity index (χ0v) is 17.3. The van der Waals surface area contributed by atoms with Gasteiger partial charge < -0.3 is 4.74 Å². The number of rotatable bonds is 4. The quantitative estimate of drug-likeness (QED) is 0.495.